The lowest BCUT2D eigenvalue weighted by molar-refractivity contribution is 0.0910. The zero-order chi connectivity index (χ0) is 16.5. The summed E-state index contributed by atoms with van der Waals surface area (Å²) in [7, 11) is 0. The third-order valence-corrected chi connectivity index (χ3v) is 5.08. The van der Waals surface area contributed by atoms with Gasteiger partial charge in [-0.1, -0.05) is 28.6 Å². The van der Waals surface area contributed by atoms with E-state index in [0.29, 0.717) is 23.1 Å². The first-order valence-corrected chi connectivity index (χ1v) is 8.75. The van der Waals surface area contributed by atoms with Gasteiger partial charge in [-0.25, -0.2) is 4.98 Å². The van der Waals surface area contributed by atoms with Crippen molar-refractivity contribution in [2.24, 2.45) is 0 Å². The van der Waals surface area contributed by atoms with Gasteiger partial charge in [-0.2, -0.15) is 0 Å². The van der Waals surface area contributed by atoms with Crippen molar-refractivity contribution in [1.82, 2.24) is 10.1 Å². The fourth-order valence-electron chi connectivity index (χ4n) is 2.82. The first-order valence-electron chi connectivity index (χ1n) is 7.93. The molecule has 0 aliphatic carbocycles. The maximum atomic E-state index is 12.9. The molecule has 1 aliphatic heterocycles. The number of hydrogen-bond acceptors (Lipinski definition) is 6. The molecular weight excluding hydrogens is 326 g/mol. The number of nitrogens with zero attached hydrogens (tertiary/aromatic N) is 3. The number of aromatic nitrogens is 2. The summed E-state index contributed by atoms with van der Waals surface area (Å²) < 4.78 is 11.8. The summed E-state index contributed by atoms with van der Waals surface area (Å²) in [6, 6.07) is 9.52. The Morgan fingerprint density at radius 2 is 2.29 bits per heavy atom. The second kappa shape index (κ2) is 6.33. The molecule has 3 heterocycles. The summed E-state index contributed by atoms with van der Waals surface area (Å²) in [5, 5.41) is 4.52. The molecule has 0 radical (unpaired) electrons. The van der Waals surface area contributed by atoms with Crippen molar-refractivity contribution in [3.63, 3.8) is 0 Å². The first kappa shape index (κ1) is 15.3. The smallest absolute Gasteiger partial charge is 0.282 e. The van der Waals surface area contributed by atoms with Crippen LogP contribution in [0.4, 0.5) is 5.13 Å². The van der Waals surface area contributed by atoms with Crippen molar-refractivity contribution >= 4 is 32.6 Å². The zero-order valence-corrected chi connectivity index (χ0v) is 14.1. The van der Waals surface area contributed by atoms with Crippen LogP contribution in [-0.4, -0.2) is 35.3 Å². The average Bonchev–Trinajstić information content (AvgIpc) is 3.32. The number of para-hydroxylation sites is 1. The number of carbonyl (C=O) groups excluding carboxylic acids is 1. The Hall–Kier alpha value is -2.25. The van der Waals surface area contributed by atoms with Crippen molar-refractivity contribution in [1.29, 1.82) is 0 Å². The van der Waals surface area contributed by atoms with E-state index in [9.17, 15) is 4.79 Å². The number of anilines is 1. The molecule has 6 nitrogen and oxygen atoms in total. The van der Waals surface area contributed by atoms with Gasteiger partial charge in [-0.3, -0.25) is 9.69 Å². The van der Waals surface area contributed by atoms with Gasteiger partial charge in [-0.15, -0.1) is 0 Å². The molecule has 7 heteroatoms. The van der Waals surface area contributed by atoms with Crippen molar-refractivity contribution in [3.05, 3.63) is 41.8 Å². The van der Waals surface area contributed by atoms with Crippen LogP contribution >= 0.6 is 11.3 Å². The van der Waals surface area contributed by atoms with E-state index in [1.54, 1.807) is 17.9 Å². The highest BCUT2D eigenvalue weighted by Gasteiger charge is 2.28. The van der Waals surface area contributed by atoms with E-state index in [1.165, 1.54) is 11.3 Å². The van der Waals surface area contributed by atoms with Crippen LogP contribution in [0.3, 0.4) is 0 Å². The van der Waals surface area contributed by atoms with Crippen LogP contribution in [-0.2, 0) is 4.74 Å². The fourth-order valence-corrected chi connectivity index (χ4v) is 3.79. The standard InChI is InChI=1S/C17H17N3O3S/c1-11-9-14(19-23-11)16(21)20(10-12-5-4-8-22-12)17-18-13-6-2-3-7-15(13)24-17/h2-3,6-7,9,12H,4-5,8,10H2,1H3/t12-/m0/s1. The Balaban J connectivity index is 1.69. The maximum Gasteiger partial charge on any atom is 0.282 e. The van der Waals surface area contributed by atoms with E-state index >= 15 is 0 Å². The molecule has 0 N–H and O–H groups in total. The predicted octanol–water partition coefficient (Wildman–Crippen LogP) is 3.42. The van der Waals surface area contributed by atoms with Crippen LogP contribution < -0.4 is 4.90 Å². The molecule has 1 fully saturated rings. The van der Waals surface area contributed by atoms with Gasteiger partial charge < -0.3 is 9.26 Å². The number of thiazole rings is 1. The number of rotatable bonds is 4. The molecule has 24 heavy (non-hydrogen) atoms. The quantitative estimate of drug-likeness (QED) is 0.726. The number of ether oxygens (including phenoxy) is 1. The minimum absolute atomic E-state index is 0.0361. The molecule has 1 aliphatic rings. The summed E-state index contributed by atoms with van der Waals surface area (Å²) in [6.07, 6.45) is 2.01. The minimum Gasteiger partial charge on any atom is -0.376 e. The number of benzene rings is 1. The van der Waals surface area contributed by atoms with Crippen LogP contribution in [0.25, 0.3) is 10.2 Å². The lowest BCUT2D eigenvalue weighted by Crippen LogP contribution is -2.37. The number of hydrogen-bond donors (Lipinski definition) is 0. The van der Waals surface area contributed by atoms with E-state index in [0.717, 1.165) is 29.7 Å². The van der Waals surface area contributed by atoms with Crippen molar-refractivity contribution in [2.45, 2.75) is 25.9 Å². The average molecular weight is 343 g/mol. The zero-order valence-electron chi connectivity index (χ0n) is 13.3. The van der Waals surface area contributed by atoms with E-state index in [4.69, 9.17) is 9.26 Å². The number of fused-ring (bicyclic) bond motifs is 1. The first-order chi connectivity index (χ1) is 11.7. The van der Waals surface area contributed by atoms with E-state index < -0.39 is 0 Å². The van der Waals surface area contributed by atoms with Gasteiger partial charge in [-0.05, 0) is 31.9 Å². The Bertz CT molecular complexity index is 834. The van der Waals surface area contributed by atoms with Crippen LogP contribution in [0.2, 0.25) is 0 Å². The third-order valence-electron chi connectivity index (χ3n) is 4.02. The lowest BCUT2D eigenvalue weighted by atomic mass is 10.2. The SMILES string of the molecule is Cc1cc(C(=O)N(C[C@@H]2CCCO2)c2nc3ccccc3s2)no1. The Morgan fingerprint density at radius 1 is 1.42 bits per heavy atom. The molecule has 1 amide bonds. The molecule has 124 valence electrons. The molecule has 1 saturated heterocycles. The van der Waals surface area contributed by atoms with Gasteiger partial charge in [0, 0.05) is 12.7 Å². The summed E-state index contributed by atoms with van der Waals surface area (Å²) in [6.45, 7) is 2.99. The van der Waals surface area contributed by atoms with Gasteiger partial charge >= 0.3 is 0 Å². The highest BCUT2D eigenvalue weighted by molar-refractivity contribution is 7.22. The highest BCUT2D eigenvalue weighted by Crippen LogP contribution is 2.30. The minimum atomic E-state index is -0.207. The van der Waals surface area contributed by atoms with Crippen LogP contribution in [0.15, 0.2) is 34.9 Å². The monoisotopic (exact) mass is 343 g/mol. The van der Waals surface area contributed by atoms with Crippen molar-refractivity contribution < 1.29 is 14.1 Å². The molecular formula is C17H17N3O3S. The molecule has 4 rings (SSSR count). The molecule has 3 aromatic rings. The molecule has 2 aromatic heterocycles. The Labute approximate surface area is 143 Å². The number of carbonyl (C=O) groups is 1. The Morgan fingerprint density at radius 3 is 3.00 bits per heavy atom. The Kier molecular flexibility index (Phi) is 4.03. The summed E-state index contributed by atoms with van der Waals surface area (Å²) in [5.41, 5.74) is 1.18. The van der Waals surface area contributed by atoms with Gasteiger partial charge in [0.1, 0.15) is 5.76 Å². The lowest BCUT2D eigenvalue weighted by Gasteiger charge is -2.21. The molecule has 0 spiro atoms. The van der Waals surface area contributed by atoms with Gasteiger partial charge in [0.2, 0.25) is 0 Å². The van der Waals surface area contributed by atoms with Crippen LogP contribution in [0, 0.1) is 6.92 Å². The van der Waals surface area contributed by atoms with E-state index in [-0.39, 0.29) is 12.0 Å². The molecule has 0 saturated carbocycles. The second-order valence-electron chi connectivity index (χ2n) is 5.84. The highest BCUT2D eigenvalue weighted by atomic mass is 32.1. The van der Waals surface area contributed by atoms with Crippen molar-refractivity contribution in [2.75, 3.05) is 18.1 Å². The van der Waals surface area contributed by atoms with Crippen LogP contribution in [0.1, 0.15) is 29.1 Å². The molecule has 0 bridgehead atoms. The van der Waals surface area contributed by atoms with Crippen LogP contribution in [0.5, 0.6) is 0 Å². The molecule has 0 unspecified atom stereocenters. The largest absolute Gasteiger partial charge is 0.376 e. The topological polar surface area (TPSA) is 68.5 Å². The molecule has 1 aromatic carbocycles. The fraction of sp³-hybridized carbons (Fsp3) is 0.353. The maximum absolute atomic E-state index is 12.9. The van der Waals surface area contributed by atoms with Gasteiger partial charge in [0.15, 0.2) is 10.8 Å². The number of aryl methyl sites for hydroxylation is 1. The van der Waals surface area contributed by atoms with Crippen molar-refractivity contribution in [3.8, 4) is 0 Å². The summed E-state index contributed by atoms with van der Waals surface area (Å²) >= 11 is 1.50. The van der Waals surface area contributed by atoms with Gasteiger partial charge in [0.25, 0.3) is 5.91 Å². The van der Waals surface area contributed by atoms with Gasteiger partial charge in [0.05, 0.1) is 22.9 Å². The summed E-state index contributed by atoms with van der Waals surface area (Å²) in [4.78, 5) is 19.2. The second-order valence-corrected chi connectivity index (χ2v) is 6.85. The number of amides is 1. The molecule has 1 atom stereocenters. The van der Waals surface area contributed by atoms with E-state index in [1.807, 2.05) is 24.3 Å². The normalized spacial score (nSPS) is 17.5. The predicted molar refractivity (Wildman–Crippen MR) is 91.5 cm³/mol. The van der Waals surface area contributed by atoms with E-state index in [2.05, 4.69) is 10.1 Å². The third kappa shape index (κ3) is 2.92. The summed E-state index contributed by atoms with van der Waals surface area (Å²) in [5.74, 6) is 0.404.